The quantitative estimate of drug-likeness (QED) is 0.119. The van der Waals surface area contributed by atoms with Gasteiger partial charge < -0.3 is 44.0 Å². The zero-order valence-corrected chi connectivity index (χ0v) is 35.3. The molecule has 1 amide bonds. The van der Waals surface area contributed by atoms with E-state index in [1.54, 1.807) is 102 Å². The molecule has 60 heavy (non-hydrogen) atoms. The Kier molecular flexibility index (Phi) is 10.9. The zero-order valence-electron chi connectivity index (χ0n) is 35.3. The van der Waals surface area contributed by atoms with Crippen LogP contribution in [-0.4, -0.2) is 93.9 Å². The van der Waals surface area contributed by atoms with E-state index in [1.807, 2.05) is 0 Å². The minimum Gasteiger partial charge on any atom is -0.488 e. The smallest absolute Gasteiger partial charge is 0.408 e. The van der Waals surface area contributed by atoms with Crippen LogP contribution in [0.2, 0.25) is 0 Å². The number of amides is 1. The van der Waals surface area contributed by atoms with Gasteiger partial charge in [-0.25, -0.2) is 9.59 Å². The van der Waals surface area contributed by atoms with Crippen LogP contribution in [0.4, 0.5) is 4.79 Å². The largest absolute Gasteiger partial charge is 0.488 e. The molecule has 14 nitrogen and oxygen atoms in total. The standard InChI is InChI=1S/C46H55NO13/c1-24-31(56-25(2)35(50)34(28-16-12-10-13-17-28)47-41(53)60-42(5,6)7)22-46(54)39(58-40(52)29-18-14-11-15-19-29)37-44(38(51)36(57-26(3)48)33(24)43(46,8)9)21-30(44)20-32-45(37,23-55-32)59-27(4)49/h10-19,30-32,34-37,39,50,54H,2,20-23H2,1,3-9H3,(H,47,53)/t30-,31+,32-,34+,35+,36-,37+,39+,44-,45+,46-/m1/s1. The van der Waals surface area contributed by atoms with Gasteiger partial charge in [0.1, 0.15) is 41.4 Å². The number of rotatable bonds is 10. The summed E-state index contributed by atoms with van der Waals surface area (Å²) in [5.74, 6) is -4.35. The minimum absolute atomic E-state index is 0.131. The molecule has 4 aliphatic carbocycles. The van der Waals surface area contributed by atoms with Crippen LogP contribution in [0, 0.1) is 22.7 Å². The Morgan fingerprint density at radius 1 is 0.933 bits per heavy atom. The average Bonchev–Trinajstić information content (AvgIpc) is 3.90. The van der Waals surface area contributed by atoms with Crippen LogP contribution >= 0.6 is 0 Å². The molecule has 1 spiro atoms. The first-order valence-electron chi connectivity index (χ1n) is 20.4. The summed E-state index contributed by atoms with van der Waals surface area (Å²) in [5, 5.41) is 28.4. The van der Waals surface area contributed by atoms with E-state index in [1.165, 1.54) is 13.8 Å². The molecule has 0 aromatic heterocycles. The van der Waals surface area contributed by atoms with Gasteiger partial charge in [-0.3, -0.25) is 14.4 Å². The summed E-state index contributed by atoms with van der Waals surface area (Å²) in [5.41, 5.74) is -5.97. The molecule has 1 saturated heterocycles. The van der Waals surface area contributed by atoms with Gasteiger partial charge in [0.25, 0.3) is 0 Å². The molecule has 3 N–H and O–H groups in total. The van der Waals surface area contributed by atoms with Crippen molar-refractivity contribution in [1.29, 1.82) is 0 Å². The van der Waals surface area contributed by atoms with Crippen LogP contribution in [-0.2, 0) is 42.8 Å². The van der Waals surface area contributed by atoms with Crippen LogP contribution in [0.15, 0.2) is 84.1 Å². The third-order valence-electron chi connectivity index (χ3n) is 13.3. The van der Waals surface area contributed by atoms with Gasteiger partial charge in [-0.2, -0.15) is 0 Å². The van der Waals surface area contributed by atoms with E-state index in [9.17, 15) is 29.4 Å². The molecule has 1 aliphatic heterocycles. The van der Waals surface area contributed by atoms with Gasteiger partial charge in [-0.1, -0.05) is 69.0 Å². The predicted octanol–water partition coefficient (Wildman–Crippen LogP) is 5.46. The highest BCUT2D eigenvalue weighted by Crippen LogP contribution is 2.74. The Morgan fingerprint density at radius 2 is 1.57 bits per heavy atom. The molecule has 0 unspecified atom stereocenters. The highest BCUT2D eigenvalue weighted by atomic mass is 16.6. The van der Waals surface area contributed by atoms with Crippen molar-refractivity contribution in [2.45, 2.75) is 128 Å². The van der Waals surface area contributed by atoms with Crippen molar-refractivity contribution in [1.82, 2.24) is 5.32 Å². The normalized spacial score (nSPS) is 33.3. The molecule has 2 aromatic carbocycles. The fraction of sp³-hybridized carbons (Fsp3) is 0.543. The molecule has 11 atom stereocenters. The highest BCUT2D eigenvalue weighted by Gasteiger charge is 2.84. The zero-order chi connectivity index (χ0) is 43.7. The first kappa shape index (κ1) is 43.1. The SMILES string of the molecule is C=C(O[C@H]1C[C@@]2(O)[C@@H](OC(=O)c3ccccc3)[C@@H]3[C@]4(OC(C)=O)CO[C@@H]4C[C@@H]4C[C@@]43C(=O)[C@H](OC(C)=O)C(=C1C)C2(C)C)[C@H](O)[C@@H](NC(=O)OC(C)(C)C)c1ccccc1. The summed E-state index contributed by atoms with van der Waals surface area (Å²) in [7, 11) is 0. The molecule has 2 bridgehead atoms. The van der Waals surface area contributed by atoms with Crippen molar-refractivity contribution in [2.24, 2.45) is 22.7 Å². The number of hydrogen-bond donors (Lipinski definition) is 3. The second-order valence-corrected chi connectivity index (χ2v) is 18.5. The fourth-order valence-electron chi connectivity index (χ4n) is 10.5. The number of aliphatic hydroxyl groups is 2. The summed E-state index contributed by atoms with van der Waals surface area (Å²) >= 11 is 0. The number of Topliss-reactive ketones (excluding diaryl/α,β-unsaturated/α-hetero) is 1. The van der Waals surface area contributed by atoms with Crippen molar-refractivity contribution in [3.05, 3.63) is 95.3 Å². The number of alkyl carbamates (subject to hydrolysis) is 1. The van der Waals surface area contributed by atoms with Crippen molar-refractivity contribution < 1.29 is 62.6 Å². The lowest BCUT2D eigenvalue weighted by Gasteiger charge is -2.64. The second kappa shape index (κ2) is 15.1. The molecule has 14 heteroatoms. The van der Waals surface area contributed by atoms with Gasteiger partial charge in [-0.05, 0) is 75.3 Å². The number of esters is 3. The third-order valence-corrected chi connectivity index (χ3v) is 13.3. The summed E-state index contributed by atoms with van der Waals surface area (Å²) in [4.78, 5) is 68.8. The van der Waals surface area contributed by atoms with Crippen LogP contribution in [0.25, 0.3) is 0 Å². The average molecular weight is 830 g/mol. The van der Waals surface area contributed by atoms with Gasteiger partial charge in [-0.15, -0.1) is 0 Å². The lowest BCUT2D eigenvalue weighted by molar-refractivity contribution is -0.323. The molecule has 5 aliphatic rings. The Hall–Kier alpha value is -5.05. The van der Waals surface area contributed by atoms with E-state index in [2.05, 4.69) is 11.9 Å². The van der Waals surface area contributed by atoms with Crippen LogP contribution in [0.1, 0.15) is 96.6 Å². The molecule has 4 fully saturated rings. The first-order chi connectivity index (χ1) is 28.1. The number of nitrogens with one attached hydrogen (secondary N) is 1. The number of aliphatic hydroxyl groups excluding tert-OH is 1. The lowest BCUT2D eigenvalue weighted by Crippen LogP contribution is -2.78. The Balaban J connectivity index is 1.37. The number of hydrogen-bond acceptors (Lipinski definition) is 13. The van der Waals surface area contributed by atoms with Gasteiger partial charge in [0.15, 0.2) is 17.5 Å². The highest BCUT2D eigenvalue weighted by molar-refractivity contribution is 5.97. The number of fused-ring (bicyclic) bond motifs is 4. The van der Waals surface area contributed by atoms with Crippen LogP contribution in [0.5, 0.6) is 0 Å². The number of ether oxygens (including phenoxy) is 6. The maximum Gasteiger partial charge on any atom is 0.408 e. The molecular formula is C46H55NO13. The molecule has 0 radical (unpaired) electrons. The number of carbonyl (C=O) groups excluding carboxylic acids is 5. The topological polar surface area (TPSA) is 193 Å². The van der Waals surface area contributed by atoms with E-state index in [0.717, 1.165) is 0 Å². The van der Waals surface area contributed by atoms with Gasteiger partial charge in [0, 0.05) is 31.1 Å². The van der Waals surface area contributed by atoms with Crippen LogP contribution in [0.3, 0.4) is 0 Å². The van der Waals surface area contributed by atoms with Crippen molar-refractivity contribution in [2.75, 3.05) is 6.61 Å². The fourth-order valence-corrected chi connectivity index (χ4v) is 10.5. The van der Waals surface area contributed by atoms with E-state index in [0.29, 0.717) is 17.6 Å². The van der Waals surface area contributed by atoms with Crippen molar-refractivity contribution in [3.63, 3.8) is 0 Å². The summed E-state index contributed by atoms with van der Waals surface area (Å²) in [6.07, 6.45) is -6.94. The first-order valence-corrected chi connectivity index (χ1v) is 20.4. The predicted molar refractivity (Wildman–Crippen MR) is 214 cm³/mol. The molecule has 7 rings (SSSR count). The van der Waals surface area contributed by atoms with E-state index < -0.39 is 99.9 Å². The lowest BCUT2D eigenvalue weighted by atomic mass is 9.48. The Labute approximate surface area is 349 Å². The summed E-state index contributed by atoms with van der Waals surface area (Å²) in [6, 6.07) is 15.8. The maximum absolute atomic E-state index is 15.5. The number of ketones is 1. The van der Waals surface area contributed by atoms with Gasteiger partial charge in [0.05, 0.1) is 24.1 Å². The maximum atomic E-state index is 15.5. The second-order valence-electron chi connectivity index (χ2n) is 18.5. The molecular weight excluding hydrogens is 774 g/mol. The van der Waals surface area contributed by atoms with E-state index in [-0.39, 0.29) is 42.3 Å². The molecule has 3 saturated carbocycles. The summed E-state index contributed by atoms with van der Waals surface area (Å²) < 4.78 is 36.8. The molecule has 322 valence electrons. The Bertz CT molecular complexity index is 2110. The van der Waals surface area contributed by atoms with Crippen molar-refractivity contribution >= 4 is 29.8 Å². The van der Waals surface area contributed by atoms with Crippen molar-refractivity contribution in [3.8, 4) is 0 Å². The van der Waals surface area contributed by atoms with E-state index >= 15 is 4.79 Å². The van der Waals surface area contributed by atoms with Gasteiger partial charge >= 0.3 is 24.0 Å². The molecule has 2 aromatic rings. The van der Waals surface area contributed by atoms with Gasteiger partial charge in [0.2, 0.25) is 0 Å². The summed E-state index contributed by atoms with van der Waals surface area (Å²) in [6.45, 7) is 16.6. The van der Waals surface area contributed by atoms with Crippen LogP contribution < -0.4 is 5.32 Å². The number of carbonyl (C=O) groups is 5. The molecule has 1 heterocycles. The Morgan fingerprint density at radius 3 is 2.13 bits per heavy atom. The monoisotopic (exact) mass is 829 g/mol. The minimum atomic E-state index is -2.13. The van der Waals surface area contributed by atoms with E-state index in [4.69, 9.17) is 28.4 Å². The third kappa shape index (κ3) is 7.09. The number of benzene rings is 2.